The molecule has 0 fully saturated rings. The van der Waals surface area contributed by atoms with Crippen LogP contribution in [0.25, 0.3) is 11.0 Å². The Kier molecular flexibility index (Phi) is 4.54. The highest BCUT2D eigenvalue weighted by Crippen LogP contribution is 2.20. The van der Waals surface area contributed by atoms with Gasteiger partial charge in [0.2, 0.25) is 0 Å². The molecule has 1 aromatic carbocycles. The van der Waals surface area contributed by atoms with Crippen molar-refractivity contribution in [1.82, 2.24) is 5.32 Å². The lowest BCUT2D eigenvalue weighted by Gasteiger charge is -2.03. The van der Waals surface area contributed by atoms with Crippen LogP contribution in [-0.2, 0) is 4.74 Å². The molecule has 0 bridgehead atoms. The first-order valence-corrected chi connectivity index (χ1v) is 6.27. The highest BCUT2D eigenvalue weighted by atomic mass is 16.5. The molecular weight excluding hydrogens is 244 g/mol. The summed E-state index contributed by atoms with van der Waals surface area (Å²) in [6, 6.07) is 7.55. The van der Waals surface area contributed by atoms with Gasteiger partial charge in [-0.3, -0.25) is 4.79 Å². The molecule has 0 unspecified atom stereocenters. The maximum Gasteiger partial charge on any atom is 0.287 e. The van der Waals surface area contributed by atoms with E-state index in [4.69, 9.17) is 14.9 Å². The predicted molar refractivity (Wildman–Crippen MR) is 73.2 cm³/mol. The number of nitrogens with one attached hydrogen (secondary N) is 1. The standard InChI is InChI=1S/C14H18N2O3/c1-10-2-3-12-11(8-10)9-13(19-12)14(17)16-5-7-18-6-4-15/h2-3,8-9H,4-7,15H2,1H3,(H,16,17). The third-order valence-electron chi connectivity index (χ3n) is 2.69. The van der Waals surface area contributed by atoms with Gasteiger partial charge in [0.1, 0.15) is 5.58 Å². The van der Waals surface area contributed by atoms with E-state index in [1.807, 2.05) is 25.1 Å². The lowest BCUT2D eigenvalue weighted by molar-refractivity contribution is 0.0895. The maximum absolute atomic E-state index is 11.8. The zero-order valence-electron chi connectivity index (χ0n) is 10.9. The van der Waals surface area contributed by atoms with Crippen molar-refractivity contribution in [3.63, 3.8) is 0 Å². The number of furan rings is 1. The van der Waals surface area contributed by atoms with Gasteiger partial charge in [-0.05, 0) is 25.1 Å². The summed E-state index contributed by atoms with van der Waals surface area (Å²) < 4.78 is 10.7. The van der Waals surface area contributed by atoms with Crippen LogP contribution in [0.4, 0.5) is 0 Å². The van der Waals surface area contributed by atoms with E-state index in [-0.39, 0.29) is 5.91 Å². The molecule has 0 atom stereocenters. The van der Waals surface area contributed by atoms with Gasteiger partial charge >= 0.3 is 0 Å². The minimum absolute atomic E-state index is 0.231. The number of aryl methyl sites for hydroxylation is 1. The molecule has 5 heteroatoms. The van der Waals surface area contributed by atoms with Crippen LogP contribution in [0.15, 0.2) is 28.7 Å². The molecule has 2 rings (SSSR count). The molecule has 1 aromatic heterocycles. The van der Waals surface area contributed by atoms with Crippen LogP contribution in [-0.4, -0.2) is 32.2 Å². The van der Waals surface area contributed by atoms with Crippen LogP contribution in [0, 0.1) is 6.92 Å². The number of fused-ring (bicyclic) bond motifs is 1. The molecule has 0 spiro atoms. The first kappa shape index (κ1) is 13.6. The number of carbonyl (C=O) groups is 1. The molecule has 1 amide bonds. The number of nitrogens with two attached hydrogens (primary N) is 1. The Morgan fingerprint density at radius 1 is 1.37 bits per heavy atom. The molecule has 3 N–H and O–H groups in total. The SMILES string of the molecule is Cc1ccc2oc(C(=O)NCCOCCN)cc2c1. The molecule has 2 aromatic rings. The van der Waals surface area contributed by atoms with Crippen molar-refractivity contribution < 1.29 is 13.9 Å². The lowest BCUT2D eigenvalue weighted by Crippen LogP contribution is -2.27. The van der Waals surface area contributed by atoms with E-state index >= 15 is 0 Å². The number of amides is 1. The van der Waals surface area contributed by atoms with Crippen molar-refractivity contribution in [3.8, 4) is 0 Å². The average Bonchev–Trinajstić information content (AvgIpc) is 2.81. The Hall–Kier alpha value is -1.85. The normalized spacial score (nSPS) is 10.8. The molecule has 102 valence electrons. The summed E-state index contributed by atoms with van der Waals surface area (Å²) in [7, 11) is 0. The van der Waals surface area contributed by atoms with E-state index in [1.54, 1.807) is 6.07 Å². The second-order valence-electron chi connectivity index (χ2n) is 4.31. The minimum atomic E-state index is -0.231. The van der Waals surface area contributed by atoms with E-state index in [9.17, 15) is 4.79 Å². The average molecular weight is 262 g/mol. The van der Waals surface area contributed by atoms with Gasteiger partial charge in [0.25, 0.3) is 5.91 Å². The first-order valence-electron chi connectivity index (χ1n) is 6.27. The van der Waals surface area contributed by atoms with Crippen LogP contribution in [0.5, 0.6) is 0 Å². The molecule has 1 heterocycles. The third kappa shape index (κ3) is 3.56. The summed E-state index contributed by atoms with van der Waals surface area (Å²) in [5, 5.41) is 3.67. The van der Waals surface area contributed by atoms with Crippen molar-refractivity contribution in [3.05, 3.63) is 35.6 Å². The molecule has 0 saturated carbocycles. The van der Waals surface area contributed by atoms with Gasteiger partial charge in [0.05, 0.1) is 13.2 Å². The van der Waals surface area contributed by atoms with Crippen molar-refractivity contribution in [2.75, 3.05) is 26.3 Å². The van der Waals surface area contributed by atoms with Gasteiger partial charge in [-0.1, -0.05) is 11.6 Å². The monoisotopic (exact) mass is 262 g/mol. The summed E-state index contributed by atoms with van der Waals surface area (Å²) in [5.74, 6) is 0.0876. The fourth-order valence-electron chi connectivity index (χ4n) is 1.78. The molecule has 0 saturated heterocycles. The van der Waals surface area contributed by atoms with E-state index < -0.39 is 0 Å². The molecule has 0 aliphatic heterocycles. The summed E-state index contributed by atoms with van der Waals surface area (Å²) in [6.45, 7) is 3.87. The van der Waals surface area contributed by atoms with Crippen molar-refractivity contribution in [1.29, 1.82) is 0 Å². The Morgan fingerprint density at radius 3 is 3.00 bits per heavy atom. The second kappa shape index (κ2) is 6.36. The lowest BCUT2D eigenvalue weighted by atomic mass is 10.2. The van der Waals surface area contributed by atoms with Gasteiger partial charge in [0.15, 0.2) is 5.76 Å². The van der Waals surface area contributed by atoms with E-state index in [2.05, 4.69) is 5.32 Å². The summed E-state index contributed by atoms with van der Waals surface area (Å²) in [4.78, 5) is 11.8. The molecule has 0 aliphatic rings. The Balaban J connectivity index is 1.94. The molecule has 0 aliphatic carbocycles. The van der Waals surface area contributed by atoms with Crippen LogP contribution in [0.1, 0.15) is 16.1 Å². The zero-order valence-corrected chi connectivity index (χ0v) is 10.9. The fraction of sp³-hybridized carbons (Fsp3) is 0.357. The van der Waals surface area contributed by atoms with Gasteiger partial charge in [-0.25, -0.2) is 0 Å². The number of carbonyl (C=O) groups excluding carboxylic acids is 1. The fourth-order valence-corrected chi connectivity index (χ4v) is 1.78. The second-order valence-corrected chi connectivity index (χ2v) is 4.31. The zero-order chi connectivity index (χ0) is 13.7. The molecule has 0 radical (unpaired) electrons. The summed E-state index contributed by atoms with van der Waals surface area (Å²) in [5.41, 5.74) is 7.14. The van der Waals surface area contributed by atoms with Crippen LogP contribution in [0.2, 0.25) is 0 Å². The van der Waals surface area contributed by atoms with Gasteiger partial charge in [0, 0.05) is 18.5 Å². The minimum Gasteiger partial charge on any atom is -0.451 e. The van der Waals surface area contributed by atoms with Crippen molar-refractivity contribution >= 4 is 16.9 Å². The van der Waals surface area contributed by atoms with E-state index in [0.29, 0.717) is 32.1 Å². The topological polar surface area (TPSA) is 77.5 Å². The maximum atomic E-state index is 11.8. The highest BCUT2D eigenvalue weighted by molar-refractivity contribution is 5.96. The third-order valence-corrected chi connectivity index (χ3v) is 2.69. The molecule has 5 nitrogen and oxygen atoms in total. The number of hydrogen-bond acceptors (Lipinski definition) is 4. The number of benzene rings is 1. The van der Waals surface area contributed by atoms with Crippen molar-refractivity contribution in [2.24, 2.45) is 5.73 Å². The Labute approximate surface area is 111 Å². The smallest absolute Gasteiger partial charge is 0.287 e. The molecular formula is C14H18N2O3. The first-order chi connectivity index (χ1) is 9.20. The number of rotatable bonds is 6. The predicted octanol–water partition coefficient (Wildman–Crippen LogP) is 1.45. The van der Waals surface area contributed by atoms with Gasteiger partial charge < -0.3 is 20.2 Å². The van der Waals surface area contributed by atoms with Crippen molar-refractivity contribution in [2.45, 2.75) is 6.92 Å². The molecule has 19 heavy (non-hydrogen) atoms. The summed E-state index contributed by atoms with van der Waals surface area (Å²) in [6.07, 6.45) is 0. The Morgan fingerprint density at radius 2 is 2.21 bits per heavy atom. The van der Waals surface area contributed by atoms with Crippen LogP contribution >= 0.6 is 0 Å². The largest absolute Gasteiger partial charge is 0.451 e. The summed E-state index contributed by atoms with van der Waals surface area (Å²) >= 11 is 0. The number of ether oxygens (including phenoxy) is 1. The quantitative estimate of drug-likeness (QED) is 0.772. The number of hydrogen-bond donors (Lipinski definition) is 2. The Bertz CT molecular complexity index is 563. The van der Waals surface area contributed by atoms with E-state index in [1.165, 1.54) is 0 Å². The van der Waals surface area contributed by atoms with Crippen LogP contribution in [0.3, 0.4) is 0 Å². The van der Waals surface area contributed by atoms with Gasteiger partial charge in [-0.2, -0.15) is 0 Å². The highest BCUT2D eigenvalue weighted by Gasteiger charge is 2.11. The van der Waals surface area contributed by atoms with E-state index in [0.717, 1.165) is 16.5 Å². The van der Waals surface area contributed by atoms with Gasteiger partial charge in [-0.15, -0.1) is 0 Å². The van der Waals surface area contributed by atoms with Crippen LogP contribution < -0.4 is 11.1 Å².